The molecule has 0 unspecified atom stereocenters. The summed E-state index contributed by atoms with van der Waals surface area (Å²) in [5, 5.41) is 20.2. The molecule has 4 aromatic rings. The van der Waals surface area contributed by atoms with Crippen LogP contribution in [0.5, 0.6) is 5.75 Å². The molecule has 0 radical (unpaired) electrons. The lowest BCUT2D eigenvalue weighted by atomic mass is 9.77. The van der Waals surface area contributed by atoms with Gasteiger partial charge in [-0.25, -0.2) is 9.97 Å². The molecule has 3 aromatic heterocycles. The van der Waals surface area contributed by atoms with Gasteiger partial charge in [0.1, 0.15) is 5.75 Å². The highest BCUT2D eigenvalue weighted by Crippen LogP contribution is 2.41. The van der Waals surface area contributed by atoms with Crippen molar-refractivity contribution in [1.29, 1.82) is 0 Å². The minimum Gasteiger partial charge on any atom is -0.497 e. The Morgan fingerprint density at radius 2 is 2.09 bits per heavy atom. The Morgan fingerprint density at radius 3 is 2.88 bits per heavy atom. The van der Waals surface area contributed by atoms with Crippen molar-refractivity contribution in [2.24, 2.45) is 0 Å². The summed E-state index contributed by atoms with van der Waals surface area (Å²) in [6.07, 6.45) is 7.59. The Labute approximate surface area is 191 Å². The summed E-state index contributed by atoms with van der Waals surface area (Å²) in [5.41, 5.74) is 8.22. The Morgan fingerprint density at radius 1 is 1.24 bits per heavy atom. The number of anilines is 2. The van der Waals surface area contributed by atoms with E-state index < -0.39 is 5.60 Å². The molecule has 1 saturated carbocycles. The lowest BCUT2D eigenvalue weighted by Gasteiger charge is -2.40. The van der Waals surface area contributed by atoms with Crippen LogP contribution >= 0.6 is 0 Å². The van der Waals surface area contributed by atoms with Gasteiger partial charge in [-0.3, -0.25) is 4.68 Å². The number of nitrogens with two attached hydrogens (primary N) is 1. The predicted octanol–water partition coefficient (Wildman–Crippen LogP) is 2.53. The number of benzene rings is 1. The molecule has 10 nitrogen and oxygen atoms in total. The maximum absolute atomic E-state index is 10.0. The molecule has 0 bridgehead atoms. The summed E-state index contributed by atoms with van der Waals surface area (Å²) in [5.74, 6) is 2.03. The molecular formula is C23H28N8O2. The van der Waals surface area contributed by atoms with Crippen LogP contribution in [-0.4, -0.2) is 60.3 Å². The molecule has 1 aromatic carbocycles. The van der Waals surface area contributed by atoms with Crippen molar-refractivity contribution in [3.8, 4) is 5.75 Å². The molecule has 10 heteroatoms. The van der Waals surface area contributed by atoms with Crippen LogP contribution < -0.4 is 15.4 Å². The predicted molar refractivity (Wildman–Crippen MR) is 125 cm³/mol. The minimum atomic E-state index is -0.562. The number of hydrogen-bond donors (Lipinski definition) is 2. The number of aliphatic hydroxyl groups is 1. The number of nitrogens with zero attached hydrogens (tertiary/aromatic N) is 7. The molecule has 1 aliphatic carbocycles. The highest BCUT2D eigenvalue weighted by atomic mass is 16.5. The highest BCUT2D eigenvalue weighted by molar-refractivity contribution is 5.93. The van der Waals surface area contributed by atoms with Crippen LogP contribution in [0.1, 0.15) is 50.4 Å². The zero-order valence-corrected chi connectivity index (χ0v) is 18.8. The van der Waals surface area contributed by atoms with Crippen molar-refractivity contribution in [2.75, 3.05) is 30.8 Å². The first-order valence-electron chi connectivity index (χ1n) is 11.4. The van der Waals surface area contributed by atoms with E-state index in [4.69, 9.17) is 20.6 Å². The van der Waals surface area contributed by atoms with Gasteiger partial charge in [0, 0.05) is 36.7 Å². The summed E-state index contributed by atoms with van der Waals surface area (Å²) in [4.78, 5) is 11.7. The molecule has 3 N–H and O–H groups in total. The Hall–Kier alpha value is -3.40. The smallest absolute Gasteiger partial charge is 0.223 e. The summed E-state index contributed by atoms with van der Waals surface area (Å²) in [7, 11) is 1.63. The van der Waals surface area contributed by atoms with E-state index in [1.54, 1.807) is 11.6 Å². The molecule has 1 aliphatic heterocycles. The van der Waals surface area contributed by atoms with E-state index in [1.165, 1.54) is 0 Å². The zero-order chi connectivity index (χ0) is 22.7. The summed E-state index contributed by atoms with van der Waals surface area (Å²) in [6.45, 7) is 3.68. The number of rotatable bonds is 4. The van der Waals surface area contributed by atoms with Crippen LogP contribution in [0.2, 0.25) is 0 Å². The fourth-order valence-corrected chi connectivity index (χ4v) is 5.18. The second-order valence-electron chi connectivity index (χ2n) is 9.58. The quantitative estimate of drug-likeness (QED) is 0.489. The van der Waals surface area contributed by atoms with Crippen molar-refractivity contribution in [3.05, 3.63) is 36.4 Å². The minimum absolute atomic E-state index is 0.194. The van der Waals surface area contributed by atoms with E-state index in [-0.39, 0.29) is 12.0 Å². The summed E-state index contributed by atoms with van der Waals surface area (Å²) in [6, 6.07) is 5.99. The van der Waals surface area contributed by atoms with Crippen LogP contribution in [0, 0.1) is 0 Å². The van der Waals surface area contributed by atoms with Crippen LogP contribution in [0.25, 0.3) is 16.6 Å². The van der Waals surface area contributed by atoms with E-state index in [0.717, 1.165) is 72.6 Å². The summed E-state index contributed by atoms with van der Waals surface area (Å²) < 4.78 is 8.95. The molecule has 4 heterocycles. The third-order valence-electron chi connectivity index (χ3n) is 6.99. The first-order valence-corrected chi connectivity index (χ1v) is 11.4. The molecular weight excluding hydrogens is 420 g/mol. The van der Waals surface area contributed by atoms with Gasteiger partial charge in [-0.1, -0.05) is 0 Å². The first kappa shape index (κ1) is 20.2. The number of hydrogen-bond acceptors (Lipinski definition) is 8. The molecule has 172 valence electrons. The largest absolute Gasteiger partial charge is 0.497 e. The van der Waals surface area contributed by atoms with E-state index in [1.807, 2.05) is 36.0 Å². The number of nitrogen functional groups attached to an aromatic ring is 1. The van der Waals surface area contributed by atoms with Gasteiger partial charge >= 0.3 is 0 Å². The van der Waals surface area contributed by atoms with Crippen LogP contribution in [-0.2, 0) is 0 Å². The van der Waals surface area contributed by atoms with Gasteiger partial charge < -0.3 is 20.5 Å². The van der Waals surface area contributed by atoms with Crippen molar-refractivity contribution >= 4 is 28.2 Å². The fraction of sp³-hybridized carbons (Fsp3) is 0.478. The fourth-order valence-electron chi connectivity index (χ4n) is 5.18. The lowest BCUT2D eigenvalue weighted by Crippen LogP contribution is -2.42. The number of aromatic nitrogens is 6. The van der Waals surface area contributed by atoms with Crippen LogP contribution in [0.3, 0.4) is 0 Å². The second kappa shape index (κ2) is 7.31. The van der Waals surface area contributed by atoms with E-state index in [2.05, 4.69) is 21.2 Å². The average Bonchev–Trinajstić information content (AvgIpc) is 3.45. The maximum atomic E-state index is 10.0. The number of piperidine rings is 1. The van der Waals surface area contributed by atoms with E-state index in [9.17, 15) is 5.11 Å². The van der Waals surface area contributed by atoms with Crippen molar-refractivity contribution in [2.45, 2.75) is 50.2 Å². The van der Waals surface area contributed by atoms with Crippen molar-refractivity contribution in [1.82, 2.24) is 29.4 Å². The van der Waals surface area contributed by atoms with E-state index >= 15 is 0 Å². The number of methoxy groups -OCH3 is 1. The van der Waals surface area contributed by atoms with Gasteiger partial charge in [0.05, 0.1) is 36.2 Å². The summed E-state index contributed by atoms with van der Waals surface area (Å²) >= 11 is 0. The third-order valence-corrected chi connectivity index (χ3v) is 6.99. The zero-order valence-electron chi connectivity index (χ0n) is 18.8. The monoisotopic (exact) mass is 448 g/mol. The van der Waals surface area contributed by atoms with Gasteiger partial charge in [-0.15, -0.1) is 5.10 Å². The molecule has 6 rings (SSSR count). The Kier molecular flexibility index (Phi) is 4.48. The van der Waals surface area contributed by atoms with Gasteiger partial charge in [0.15, 0.2) is 11.5 Å². The average molecular weight is 449 g/mol. The highest BCUT2D eigenvalue weighted by Gasteiger charge is 2.40. The molecule has 0 spiro atoms. The van der Waals surface area contributed by atoms with Crippen LogP contribution in [0.15, 0.2) is 30.6 Å². The number of ether oxygens (including phenoxy) is 1. The SMILES string of the molecule is COc1ccc2c(c1)nc(N)n1nc([C@@H]3CCCN(c4cnn([C@H]5C[C@@](C)(O)C5)c4)C3)nc21. The topological polar surface area (TPSA) is 120 Å². The van der Waals surface area contributed by atoms with Gasteiger partial charge in [0.25, 0.3) is 0 Å². The molecule has 1 saturated heterocycles. The third kappa shape index (κ3) is 3.45. The normalized spacial score (nSPS) is 25.5. The Bertz CT molecular complexity index is 1340. The molecule has 2 aliphatic rings. The molecule has 2 fully saturated rings. The first-order chi connectivity index (χ1) is 15.9. The van der Waals surface area contributed by atoms with Gasteiger partial charge in [0.2, 0.25) is 5.95 Å². The maximum Gasteiger partial charge on any atom is 0.223 e. The molecule has 1 atom stereocenters. The lowest BCUT2D eigenvalue weighted by molar-refractivity contribution is -0.0543. The van der Waals surface area contributed by atoms with E-state index in [0.29, 0.717) is 5.95 Å². The standard InChI is InChI=1S/C23H28N8O2/c1-23(32)9-15(10-23)30-13-16(11-25-30)29-7-3-4-14(12-29)20-27-21-18-6-5-17(33-2)8-19(18)26-22(24)31(21)28-20/h5-6,8,11,13-15,32H,3-4,7,9-10,12H2,1-2H3,(H2,24,26)/t14-,15-,23+/m1/s1. The molecule has 0 amide bonds. The number of fused-ring (bicyclic) bond motifs is 3. The second-order valence-corrected chi connectivity index (χ2v) is 9.58. The van der Waals surface area contributed by atoms with Crippen molar-refractivity contribution in [3.63, 3.8) is 0 Å². The van der Waals surface area contributed by atoms with Gasteiger partial charge in [-0.05, 0) is 44.7 Å². The van der Waals surface area contributed by atoms with Gasteiger partial charge in [-0.2, -0.15) is 9.61 Å². The molecule has 33 heavy (non-hydrogen) atoms. The van der Waals surface area contributed by atoms with Crippen LogP contribution in [0.4, 0.5) is 11.6 Å². The Balaban J connectivity index is 1.27. The van der Waals surface area contributed by atoms with Crippen molar-refractivity contribution < 1.29 is 9.84 Å².